The van der Waals surface area contributed by atoms with E-state index >= 15 is 0 Å². The number of carbonyl (C=O) groups excluding carboxylic acids is 2. The molecule has 2 amide bonds. The van der Waals surface area contributed by atoms with Crippen LogP contribution in [0, 0.1) is 0 Å². The van der Waals surface area contributed by atoms with Gasteiger partial charge in [-0.1, -0.05) is 0 Å². The number of amides is 2. The molecule has 92 valence electrons. The first-order valence-corrected chi connectivity index (χ1v) is 5.41. The predicted octanol–water partition coefficient (Wildman–Crippen LogP) is 0.827. The lowest BCUT2D eigenvalue weighted by Crippen LogP contribution is -2.35. The number of benzene rings is 1. The fraction of sp³-hybridized carbons (Fsp3) is 0.333. The third-order valence-corrected chi connectivity index (χ3v) is 2.19. The molecule has 0 aliphatic rings. The van der Waals surface area contributed by atoms with E-state index in [1.165, 1.54) is 0 Å². The van der Waals surface area contributed by atoms with E-state index in [4.69, 9.17) is 0 Å². The van der Waals surface area contributed by atoms with Crippen LogP contribution in [0.4, 0.5) is 11.4 Å². The average molecular weight is 235 g/mol. The number of carbonyl (C=O) groups is 2. The van der Waals surface area contributed by atoms with Crippen molar-refractivity contribution in [2.24, 2.45) is 0 Å². The molecule has 0 radical (unpaired) electrons. The molecule has 0 unspecified atom stereocenters. The van der Waals surface area contributed by atoms with E-state index in [0.717, 1.165) is 5.69 Å². The van der Waals surface area contributed by atoms with E-state index in [-0.39, 0.29) is 0 Å². The minimum atomic E-state index is -0.649. The van der Waals surface area contributed by atoms with Gasteiger partial charge in [-0.2, -0.15) is 0 Å². The second-order valence-electron chi connectivity index (χ2n) is 3.75. The standard InChI is InChI=1S/C12H17N3O2/c1-4-13-11(16)12(17)14-9-5-7-10(8-6-9)15(2)3/h5-8H,4H2,1-3H3,(H,13,16)(H,14,17). The number of hydrogen-bond donors (Lipinski definition) is 2. The van der Waals surface area contributed by atoms with Gasteiger partial charge in [-0.25, -0.2) is 0 Å². The van der Waals surface area contributed by atoms with Gasteiger partial charge in [0.15, 0.2) is 0 Å². The Morgan fingerprint density at radius 1 is 1.12 bits per heavy atom. The molecule has 0 aliphatic heterocycles. The Labute approximate surface area is 101 Å². The Morgan fingerprint density at radius 2 is 1.71 bits per heavy atom. The van der Waals surface area contributed by atoms with Crippen LogP contribution in [0.25, 0.3) is 0 Å². The molecule has 0 fully saturated rings. The summed E-state index contributed by atoms with van der Waals surface area (Å²) in [6.45, 7) is 2.20. The third-order valence-electron chi connectivity index (χ3n) is 2.19. The smallest absolute Gasteiger partial charge is 0.313 e. The maximum atomic E-state index is 11.4. The predicted molar refractivity (Wildman–Crippen MR) is 68.1 cm³/mol. The van der Waals surface area contributed by atoms with Crippen molar-refractivity contribution in [1.29, 1.82) is 0 Å². The summed E-state index contributed by atoms with van der Waals surface area (Å²) in [5, 5.41) is 4.96. The highest BCUT2D eigenvalue weighted by Crippen LogP contribution is 2.15. The minimum Gasteiger partial charge on any atom is -0.378 e. The summed E-state index contributed by atoms with van der Waals surface area (Å²) in [7, 11) is 3.87. The highest BCUT2D eigenvalue weighted by Gasteiger charge is 2.11. The van der Waals surface area contributed by atoms with Crippen molar-refractivity contribution in [2.45, 2.75) is 6.92 Å². The van der Waals surface area contributed by atoms with Gasteiger partial charge in [0.25, 0.3) is 0 Å². The molecule has 0 saturated heterocycles. The Morgan fingerprint density at radius 3 is 2.18 bits per heavy atom. The lowest BCUT2D eigenvalue weighted by Gasteiger charge is -2.12. The monoisotopic (exact) mass is 235 g/mol. The molecule has 0 spiro atoms. The molecule has 5 heteroatoms. The first kappa shape index (κ1) is 13.0. The van der Waals surface area contributed by atoms with Crippen molar-refractivity contribution in [3.8, 4) is 0 Å². The maximum absolute atomic E-state index is 11.4. The molecule has 0 atom stereocenters. The van der Waals surface area contributed by atoms with Crippen LogP contribution in [-0.4, -0.2) is 32.5 Å². The molecular weight excluding hydrogens is 218 g/mol. The largest absolute Gasteiger partial charge is 0.378 e. The van der Waals surface area contributed by atoms with E-state index in [2.05, 4.69) is 10.6 Å². The molecule has 0 aliphatic carbocycles. The minimum absolute atomic E-state index is 0.436. The maximum Gasteiger partial charge on any atom is 0.313 e. The van der Waals surface area contributed by atoms with E-state index in [1.807, 2.05) is 31.1 Å². The molecule has 0 aromatic heterocycles. The van der Waals surface area contributed by atoms with Crippen molar-refractivity contribution in [3.63, 3.8) is 0 Å². The van der Waals surface area contributed by atoms with Crippen LogP contribution in [-0.2, 0) is 9.59 Å². The Bertz CT molecular complexity index is 399. The summed E-state index contributed by atoms with van der Waals surface area (Å²) in [5.41, 5.74) is 1.63. The van der Waals surface area contributed by atoms with Gasteiger partial charge < -0.3 is 15.5 Å². The van der Waals surface area contributed by atoms with Crippen LogP contribution >= 0.6 is 0 Å². The SMILES string of the molecule is CCNC(=O)C(=O)Nc1ccc(N(C)C)cc1. The molecule has 0 saturated carbocycles. The number of rotatable bonds is 3. The summed E-state index contributed by atoms with van der Waals surface area (Å²) in [6.07, 6.45) is 0. The van der Waals surface area contributed by atoms with Gasteiger partial charge >= 0.3 is 11.8 Å². The topological polar surface area (TPSA) is 61.4 Å². The summed E-state index contributed by atoms with van der Waals surface area (Å²) < 4.78 is 0. The number of likely N-dealkylation sites (N-methyl/N-ethyl adjacent to an activating group) is 1. The van der Waals surface area contributed by atoms with Crippen molar-refractivity contribution < 1.29 is 9.59 Å². The molecule has 5 nitrogen and oxygen atoms in total. The van der Waals surface area contributed by atoms with Gasteiger partial charge in [-0.05, 0) is 31.2 Å². The summed E-state index contributed by atoms with van der Waals surface area (Å²) in [6, 6.07) is 7.25. The van der Waals surface area contributed by atoms with Gasteiger partial charge in [0, 0.05) is 32.0 Å². The lowest BCUT2D eigenvalue weighted by molar-refractivity contribution is -0.136. The molecule has 1 aromatic carbocycles. The first-order chi connectivity index (χ1) is 8.04. The second-order valence-corrected chi connectivity index (χ2v) is 3.75. The van der Waals surface area contributed by atoms with E-state index in [0.29, 0.717) is 12.2 Å². The van der Waals surface area contributed by atoms with Crippen molar-refractivity contribution in [2.75, 3.05) is 30.9 Å². The fourth-order valence-corrected chi connectivity index (χ4v) is 1.27. The van der Waals surface area contributed by atoms with Crippen LogP contribution < -0.4 is 15.5 Å². The molecule has 0 bridgehead atoms. The Balaban J connectivity index is 2.63. The fourth-order valence-electron chi connectivity index (χ4n) is 1.27. The van der Waals surface area contributed by atoms with Crippen LogP contribution in [0.3, 0.4) is 0 Å². The number of nitrogens with one attached hydrogen (secondary N) is 2. The van der Waals surface area contributed by atoms with Crippen LogP contribution in [0.15, 0.2) is 24.3 Å². The molecule has 1 aromatic rings. The van der Waals surface area contributed by atoms with Gasteiger partial charge in [0.2, 0.25) is 0 Å². The summed E-state index contributed by atoms with van der Waals surface area (Å²) in [4.78, 5) is 24.5. The van der Waals surface area contributed by atoms with Crippen LogP contribution in [0.1, 0.15) is 6.92 Å². The molecule has 17 heavy (non-hydrogen) atoms. The number of anilines is 2. The zero-order chi connectivity index (χ0) is 12.8. The Hall–Kier alpha value is -2.04. The average Bonchev–Trinajstić information content (AvgIpc) is 2.30. The quantitative estimate of drug-likeness (QED) is 0.763. The molecule has 0 heterocycles. The van der Waals surface area contributed by atoms with Gasteiger partial charge in [0.05, 0.1) is 0 Å². The van der Waals surface area contributed by atoms with Crippen molar-refractivity contribution >= 4 is 23.2 Å². The summed E-state index contributed by atoms with van der Waals surface area (Å²) >= 11 is 0. The van der Waals surface area contributed by atoms with E-state index in [9.17, 15) is 9.59 Å². The Kier molecular flexibility index (Phi) is 4.51. The normalized spacial score (nSPS) is 9.59. The number of nitrogens with zero attached hydrogens (tertiary/aromatic N) is 1. The first-order valence-electron chi connectivity index (χ1n) is 5.41. The molecule has 2 N–H and O–H groups in total. The third kappa shape index (κ3) is 3.79. The van der Waals surface area contributed by atoms with Crippen molar-refractivity contribution in [3.05, 3.63) is 24.3 Å². The van der Waals surface area contributed by atoms with E-state index < -0.39 is 11.8 Å². The lowest BCUT2D eigenvalue weighted by atomic mass is 10.2. The second kappa shape index (κ2) is 5.89. The van der Waals surface area contributed by atoms with E-state index in [1.54, 1.807) is 19.1 Å². The van der Waals surface area contributed by atoms with Gasteiger partial charge in [0.1, 0.15) is 0 Å². The number of hydrogen-bond acceptors (Lipinski definition) is 3. The molecule has 1 rings (SSSR count). The highest BCUT2D eigenvalue weighted by molar-refractivity contribution is 6.39. The molecular formula is C12H17N3O2. The van der Waals surface area contributed by atoms with Gasteiger partial charge in [-0.15, -0.1) is 0 Å². The zero-order valence-electron chi connectivity index (χ0n) is 10.3. The summed E-state index contributed by atoms with van der Waals surface area (Å²) in [5.74, 6) is -1.27. The highest BCUT2D eigenvalue weighted by atomic mass is 16.2. The van der Waals surface area contributed by atoms with Crippen LogP contribution in [0.2, 0.25) is 0 Å². The zero-order valence-corrected chi connectivity index (χ0v) is 10.3. The van der Waals surface area contributed by atoms with Crippen molar-refractivity contribution in [1.82, 2.24) is 5.32 Å². The van der Waals surface area contributed by atoms with Gasteiger partial charge in [-0.3, -0.25) is 9.59 Å². The van der Waals surface area contributed by atoms with Crippen LogP contribution in [0.5, 0.6) is 0 Å².